The molecule has 0 aliphatic carbocycles. The summed E-state index contributed by atoms with van der Waals surface area (Å²) in [6, 6.07) is 0. The van der Waals surface area contributed by atoms with Crippen LogP contribution in [0.5, 0.6) is 0 Å². The van der Waals surface area contributed by atoms with Crippen molar-refractivity contribution in [3.05, 3.63) is 11.6 Å². The first-order valence-electron chi connectivity index (χ1n) is 6.62. The molecule has 110 valence electrons. The van der Waals surface area contributed by atoms with Crippen LogP contribution in [0.4, 0.5) is 0 Å². The highest BCUT2D eigenvalue weighted by Crippen LogP contribution is 2.05. The fourth-order valence-corrected chi connectivity index (χ4v) is 1.54. The van der Waals surface area contributed by atoms with Gasteiger partial charge < -0.3 is 14.7 Å². The van der Waals surface area contributed by atoms with Crippen molar-refractivity contribution in [3.63, 3.8) is 0 Å². The molecule has 19 heavy (non-hydrogen) atoms. The van der Waals surface area contributed by atoms with Crippen molar-refractivity contribution in [2.75, 3.05) is 26.3 Å². The van der Waals surface area contributed by atoms with E-state index in [2.05, 4.69) is 0 Å². The van der Waals surface area contributed by atoms with Crippen molar-refractivity contribution >= 4 is 11.9 Å². The van der Waals surface area contributed by atoms with Gasteiger partial charge in [-0.15, -0.1) is 0 Å². The average molecular weight is 271 g/mol. The first kappa shape index (κ1) is 17.6. The van der Waals surface area contributed by atoms with Gasteiger partial charge in [-0.2, -0.15) is 0 Å². The first-order valence-corrected chi connectivity index (χ1v) is 6.62. The third-order valence-corrected chi connectivity index (χ3v) is 2.56. The van der Waals surface area contributed by atoms with Crippen LogP contribution in [-0.2, 0) is 14.3 Å². The zero-order valence-electron chi connectivity index (χ0n) is 12.3. The summed E-state index contributed by atoms with van der Waals surface area (Å²) >= 11 is 0. The van der Waals surface area contributed by atoms with Gasteiger partial charge in [0.25, 0.3) is 0 Å². The van der Waals surface area contributed by atoms with Gasteiger partial charge in [0.05, 0.1) is 5.92 Å². The largest absolute Gasteiger partial charge is 0.481 e. The molecule has 1 atom stereocenters. The van der Waals surface area contributed by atoms with E-state index < -0.39 is 11.9 Å². The Kier molecular flexibility index (Phi) is 8.87. The van der Waals surface area contributed by atoms with Crippen molar-refractivity contribution in [1.29, 1.82) is 0 Å². The number of rotatable bonds is 9. The van der Waals surface area contributed by atoms with Gasteiger partial charge in [-0.1, -0.05) is 12.5 Å². The second-order valence-corrected chi connectivity index (χ2v) is 4.80. The summed E-state index contributed by atoms with van der Waals surface area (Å²) in [6.45, 7) is 9.17. The Balaban J connectivity index is 4.50. The van der Waals surface area contributed by atoms with E-state index in [1.54, 1.807) is 11.8 Å². The molecule has 0 aliphatic rings. The molecule has 0 aromatic heterocycles. The number of carboxylic acids is 1. The molecule has 5 heteroatoms. The Morgan fingerprint density at radius 3 is 2.47 bits per heavy atom. The maximum absolute atomic E-state index is 12.0. The van der Waals surface area contributed by atoms with Crippen LogP contribution >= 0.6 is 0 Å². The molecular weight excluding hydrogens is 246 g/mol. The Bertz CT molecular complexity index is 321. The summed E-state index contributed by atoms with van der Waals surface area (Å²) in [7, 11) is 0. The highest BCUT2D eigenvalue weighted by molar-refractivity contribution is 5.88. The number of carbonyl (C=O) groups is 2. The quantitative estimate of drug-likeness (QED) is 0.514. The average Bonchev–Trinajstić information content (AvgIpc) is 2.31. The van der Waals surface area contributed by atoms with E-state index >= 15 is 0 Å². The number of carbonyl (C=O) groups excluding carboxylic acids is 1. The Labute approximate surface area is 115 Å². The number of aliphatic carboxylic acids is 1. The van der Waals surface area contributed by atoms with E-state index in [0.717, 1.165) is 5.57 Å². The molecule has 0 heterocycles. The molecule has 0 aromatic carbocycles. The van der Waals surface area contributed by atoms with Gasteiger partial charge in [0.15, 0.2) is 0 Å². The van der Waals surface area contributed by atoms with E-state index in [-0.39, 0.29) is 12.5 Å². The summed E-state index contributed by atoms with van der Waals surface area (Å²) in [6.07, 6.45) is 2.25. The number of amides is 1. The van der Waals surface area contributed by atoms with Crippen LogP contribution in [0.2, 0.25) is 0 Å². The van der Waals surface area contributed by atoms with Gasteiger partial charge >= 0.3 is 5.97 Å². The fraction of sp³-hybridized carbons (Fsp3) is 0.714. The van der Waals surface area contributed by atoms with E-state index in [9.17, 15) is 9.59 Å². The molecule has 0 fully saturated rings. The molecule has 0 aromatic rings. The Hall–Kier alpha value is -1.36. The number of carboxylic acid groups (broad SMARTS) is 1. The first-order chi connectivity index (χ1) is 8.88. The van der Waals surface area contributed by atoms with Gasteiger partial charge in [0.1, 0.15) is 0 Å². The predicted molar refractivity (Wildman–Crippen MR) is 73.9 cm³/mol. The van der Waals surface area contributed by atoms with Crippen LogP contribution in [0.15, 0.2) is 11.6 Å². The molecule has 0 aliphatic heterocycles. The minimum absolute atomic E-state index is 0.135. The van der Waals surface area contributed by atoms with Crippen molar-refractivity contribution in [2.24, 2.45) is 5.92 Å². The smallest absolute Gasteiger partial charge is 0.308 e. The molecular formula is C14H25NO4. The molecule has 1 N–H and O–H groups in total. The van der Waals surface area contributed by atoms with Gasteiger partial charge in [-0.3, -0.25) is 9.59 Å². The van der Waals surface area contributed by atoms with Gasteiger partial charge in [0, 0.05) is 32.4 Å². The SMILES string of the molecule is CCOCCCN(CC(C)C(=O)O)C(=O)C=C(C)C. The fourth-order valence-electron chi connectivity index (χ4n) is 1.54. The molecule has 0 rings (SSSR count). The molecule has 0 saturated heterocycles. The number of allylic oxidation sites excluding steroid dienone is 1. The standard InChI is InChI=1S/C14H25NO4/c1-5-19-8-6-7-15(10-12(4)14(17)18)13(16)9-11(2)3/h9,12H,5-8,10H2,1-4H3,(H,17,18). The molecule has 0 bridgehead atoms. The maximum Gasteiger partial charge on any atom is 0.308 e. The minimum Gasteiger partial charge on any atom is -0.481 e. The summed E-state index contributed by atoms with van der Waals surface area (Å²) < 4.78 is 5.23. The highest BCUT2D eigenvalue weighted by Gasteiger charge is 2.18. The van der Waals surface area contributed by atoms with Gasteiger partial charge in [-0.25, -0.2) is 0 Å². The zero-order chi connectivity index (χ0) is 14.8. The summed E-state index contributed by atoms with van der Waals surface area (Å²) in [5.41, 5.74) is 0.905. The Morgan fingerprint density at radius 1 is 1.37 bits per heavy atom. The monoisotopic (exact) mass is 271 g/mol. The summed E-state index contributed by atoms with van der Waals surface area (Å²) in [5.74, 6) is -1.59. The van der Waals surface area contributed by atoms with Crippen LogP contribution in [-0.4, -0.2) is 48.2 Å². The number of nitrogens with zero attached hydrogens (tertiary/aromatic N) is 1. The lowest BCUT2D eigenvalue weighted by Crippen LogP contribution is -2.37. The number of hydrogen-bond donors (Lipinski definition) is 1. The van der Waals surface area contributed by atoms with Crippen molar-refractivity contribution < 1.29 is 19.4 Å². The highest BCUT2D eigenvalue weighted by atomic mass is 16.5. The topological polar surface area (TPSA) is 66.8 Å². The van der Waals surface area contributed by atoms with Crippen molar-refractivity contribution in [3.8, 4) is 0 Å². The molecule has 0 spiro atoms. The van der Waals surface area contributed by atoms with E-state index in [4.69, 9.17) is 9.84 Å². The van der Waals surface area contributed by atoms with E-state index in [1.165, 1.54) is 6.08 Å². The second-order valence-electron chi connectivity index (χ2n) is 4.80. The zero-order valence-corrected chi connectivity index (χ0v) is 12.3. The molecule has 0 saturated carbocycles. The van der Waals surface area contributed by atoms with Crippen LogP contribution < -0.4 is 0 Å². The van der Waals surface area contributed by atoms with Crippen molar-refractivity contribution in [1.82, 2.24) is 4.90 Å². The Morgan fingerprint density at radius 2 is 2.00 bits per heavy atom. The van der Waals surface area contributed by atoms with Crippen LogP contribution in [0, 0.1) is 5.92 Å². The predicted octanol–water partition coefficient (Wildman–Crippen LogP) is 1.93. The summed E-state index contributed by atoms with van der Waals surface area (Å²) in [5, 5.41) is 8.93. The molecule has 5 nitrogen and oxygen atoms in total. The van der Waals surface area contributed by atoms with Gasteiger partial charge in [-0.05, 0) is 27.2 Å². The third kappa shape index (κ3) is 8.37. The van der Waals surface area contributed by atoms with Crippen molar-refractivity contribution in [2.45, 2.75) is 34.1 Å². The lowest BCUT2D eigenvalue weighted by Gasteiger charge is -2.23. The molecule has 1 amide bonds. The third-order valence-electron chi connectivity index (χ3n) is 2.56. The van der Waals surface area contributed by atoms with E-state index in [0.29, 0.717) is 26.2 Å². The lowest BCUT2D eigenvalue weighted by molar-refractivity contribution is -0.142. The van der Waals surface area contributed by atoms with Crippen LogP contribution in [0.3, 0.4) is 0 Å². The van der Waals surface area contributed by atoms with Crippen LogP contribution in [0.25, 0.3) is 0 Å². The number of hydrogen-bond acceptors (Lipinski definition) is 3. The second kappa shape index (κ2) is 9.55. The normalized spacial score (nSPS) is 11.8. The van der Waals surface area contributed by atoms with Gasteiger partial charge in [0.2, 0.25) is 5.91 Å². The molecule has 0 radical (unpaired) electrons. The molecule has 1 unspecified atom stereocenters. The minimum atomic E-state index is -0.889. The van der Waals surface area contributed by atoms with Crippen LogP contribution in [0.1, 0.15) is 34.1 Å². The summed E-state index contributed by atoms with van der Waals surface area (Å²) in [4.78, 5) is 24.4. The lowest BCUT2D eigenvalue weighted by atomic mass is 10.1. The maximum atomic E-state index is 12.0. The number of ether oxygens (including phenoxy) is 1. The van der Waals surface area contributed by atoms with E-state index in [1.807, 2.05) is 20.8 Å².